The van der Waals surface area contributed by atoms with Gasteiger partial charge in [-0.3, -0.25) is 0 Å². The lowest BCUT2D eigenvalue weighted by molar-refractivity contribution is 0.410. The Labute approximate surface area is 117 Å². The van der Waals surface area contributed by atoms with Crippen LogP contribution in [0.2, 0.25) is 5.02 Å². The molecule has 0 bridgehead atoms. The summed E-state index contributed by atoms with van der Waals surface area (Å²) in [6.07, 6.45) is 0. The van der Waals surface area contributed by atoms with E-state index in [-0.39, 0.29) is 5.82 Å². The zero-order valence-corrected chi connectivity index (χ0v) is 11.6. The van der Waals surface area contributed by atoms with E-state index in [2.05, 4.69) is 5.32 Å². The van der Waals surface area contributed by atoms with Crippen LogP contribution < -0.4 is 10.1 Å². The van der Waals surface area contributed by atoms with Gasteiger partial charge in [0.2, 0.25) is 0 Å². The topological polar surface area (TPSA) is 21.3 Å². The number of benzene rings is 2. The smallest absolute Gasteiger partial charge is 0.128 e. The molecule has 19 heavy (non-hydrogen) atoms. The van der Waals surface area contributed by atoms with Gasteiger partial charge in [0.15, 0.2) is 0 Å². The summed E-state index contributed by atoms with van der Waals surface area (Å²) < 4.78 is 18.7. The minimum atomic E-state index is -0.219. The molecule has 0 unspecified atom stereocenters. The normalized spacial score (nSPS) is 10.3. The average Bonchev–Trinajstić information content (AvgIpc) is 2.40. The van der Waals surface area contributed by atoms with Gasteiger partial charge in [0, 0.05) is 22.8 Å². The van der Waals surface area contributed by atoms with Crippen LogP contribution in [0.5, 0.6) is 5.75 Å². The number of rotatable bonds is 4. The summed E-state index contributed by atoms with van der Waals surface area (Å²) in [6, 6.07) is 10.5. The third-order valence-electron chi connectivity index (χ3n) is 2.90. The summed E-state index contributed by atoms with van der Waals surface area (Å²) in [6.45, 7) is 2.26. The molecule has 2 aromatic carbocycles. The SMILES string of the molecule is COc1ccc(Cl)cc1CNc1ccc(C)c(F)c1. The molecule has 0 spiro atoms. The van der Waals surface area contributed by atoms with Gasteiger partial charge in [-0.15, -0.1) is 0 Å². The fourth-order valence-electron chi connectivity index (χ4n) is 1.79. The van der Waals surface area contributed by atoms with E-state index in [9.17, 15) is 4.39 Å². The van der Waals surface area contributed by atoms with Crippen LogP contribution in [0.3, 0.4) is 0 Å². The van der Waals surface area contributed by atoms with Crippen LogP contribution >= 0.6 is 11.6 Å². The Hall–Kier alpha value is -1.74. The second-order valence-electron chi connectivity index (χ2n) is 4.27. The van der Waals surface area contributed by atoms with Crippen LogP contribution in [0, 0.1) is 12.7 Å². The Balaban J connectivity index is 2.13. The van der Waals surface area contributed by atoms with Gasteiger partial charge >= 0.3 is 0 Å². The number of anilines is 1. The molecule has 0 radical (unpaired) electrons. The van der Waals surface area contributed by atoms with Crippen LogP contribution in [0.1, 0.15) is 11.1 Å². The molecule has 0 heterocycles. The molecule has 100 valence electrons. The molecule has 1 N–H and O–H groups in total. The first-order valence-corrected chi connectivity index (χ1v) is 6.30. The monoisotopic (exact) mass is 279 g/mol. The van der Waals surface area contributed by atoms with Crippen molar-refractivity contribution in [2.45, 2.75) is 13.5 Å². The fraction of sp³-hybridized carbons (Fsp3) is 0.200. The quantitative estimate of drug-likeness (QED) is 0.895. The summed E-state index contributed by atoms with van der Waals surface area (Å²) in [4.78, 5) is 0. The van der Waals surface area contributed by atoms with E-state index in [0.717, 1.165) is 17.0 Å². The first-order valence-electron chi connectivity index (χ1n) is 5.92. The first kappa shape index (κ1) is 13.7. The highest BCUT2D eigenvalue weighted by Crippen LogP contribution is 2.24. The van der Waals surface area contributed by atoms with Gasteiger partial charge in [-0.25, -0.2) is 4.39 Å². The highest BCUT2D eigenvalue weighted by molar-refractivity contribution is 6.30. The Bertz CT molecular complexity index is 586. The molecule has 0 aromatic heterocycles. The van der Waals surface area contributed by atoms with E-state index >= 15 is 0 Å². The largest absolute Gasteiger partial charge is 0.496 e. The number of nitrogens with one attached hydrogen (secondary N) is 1. The summed E-state index contributed by atoms with van der Waals surface area (Å²) in [5.74, 6) is 0.535. The maximum absolute atomic E-state index is 13.4. The fourth-order valence-corrected chi connectivity index (χ4v) is 1.98. The maximum atomic E-state index is 13.4. The summed E-state index contributed by atoms with van der Waals surface area (Å²) in [7, 11) is 1.61. The molecule has 0 saturated heterocycles. The molecule has 0 amide bonds. The number of aryl methyl sites for hydroxylation is 1. The Kier molecular flexibility index (Phi) is 4.27. The second-order valence-corrected chi connectivity index (χ2v) is 4.71. The highest BCUT2D eigenvalue weighted by atomic mass is 35.5. The standard InChI is InChI=1S/C15H15ClFNO/c1-10-3-5-13(8-14(10)17)18-9-11-7-12(16)4-6-15(11)19-2/h3-8,18H,9H2,1-2H3. The van der Waals surface area contributed by atoms with E-state index < -0.39 is 0 Å². The molecule has 0 fully saturated rings. The minimum absolute atomic E-state index is 0.219. The molecular formula is C15H15ClFNO. The predicted octanol–water partition coefficient (Wildman–Crippen LogP) is 4.41. The lowest BCUT2D eigenvalue weighted by Crippen LogP contribution is -2.02. The number of hydrogen-bond donors (Lipinski definition) is 1. The van der Waals surface area contributed by atoms with Crippen molar-refractivity contribution in [3.05, 3.63) is 58.4 Å². The molecule has 0 aliphatic rings. The minimum Gasteiger partial charge on any atom is -0.496 e. The summed E-state index contributed by atoms with van der Waals surface area (Å²) >= 11 is 5.96. The van der Waals surface area contributed by atoms with Crippen LogP contribution in [0.25, 0.3) is 0 Å². The van der Waals surface area contributed by atoms with Crippen molar-refractivity contribution >= 4 is 17.3 Å². The maximum Gasteiger partial charge on any atom is 0.128 e. The number of halogens is 2. The third-order valence-corrected chi connectivity index (χ3v) is 3.13. The van der Waals surface area contributed by atoms with Crippen LogP contribution in [0.15, 0.2) is 36.4 Å². The zero-order valence-electron chi connectivity index (χ0n) is 10.8. The molecular weight excluding hydrogens is 265 g/mol. The lowest BCUT2D eigenvalue weighted by Gasteiger charge is -2.11. The van der Waals surface area contributed by atoms with Crippen LogP contribution in [-0.4, -0.2) is 7.11 Å². The van der Waals surface area contributed by atoms with E-state index in [1.165, 1.54) is 6.07 Å². The first-order chi connectivity index (χ1) is 9.10. The van der Waals surface area contributed by atoms with Crippen molar-refractivity contribution in [2.75, 3.05) is 12.4 Å². The molecule has 4 heteroatoms. The van der Waals surface area contributed by atoms with Gasteiger partial charge in [-0.1, -0.05) is 17.7 Å². The summed E-state index contributed by atoms with van der Waals surface area (Å²) in [5, 5.41) is 3.80. The zero-order chi connectivity index (χ0) is 13.8. The van der Waals surface area contributed by atoms with Gasteiger partial charge in [0.1, 0.15) is 11.6 Å². The van der Waals surface area contributed by atoms with E-state index in [0.29, 0.717) is 17.1 Å². The Morgan fingerprint density at radius 3 is 2.68 bits per heavy atom. The van der Waals surface area contributed by atoms with Crippen molar-refractivity contribution in [3.8, 4) is 5.75 Å². The van der Waals surface area contributed by atoms with Crippen molar-refractivity contribution in [3.63, 3.8) is 0 Å². The molecule has 2 nitrogen and oxygen atoms in total. The van der Waals surface area contributed by atoms with Gasteiger partial charge in [-0.05, 0) is 42.8 Å². The molecule has 0 atom stereocenters. The molecule has 0 saturated carbocycles. The molecule has 2 aromatic rings. The number of hydrogen-bond acceptors (Lipinski definition) is 2. The van der Waals surface area contributed by atoms with E-state index in [1.54, 1.807) is 26.2 Å². The average molecular weight is 280 g/mol. The lowest BCUT2D eigenvalue weighted by atomic mass is 10.1. The van der Waals surface area contributed by atoms with Crippen LogP contribution in [0.4, 0.5) is 10.1 Å². The van der Waals surface area contributed by atoms with Gasteiger partial charge in [0.05, 0.1) is 7.11 Å². The van der Waals surface area contributed by atoms with Gasteiger partial charge in [-0.2, -0.15) is 0 Å². The number of methoxy groups -OCH3 is 1. The van der Waals surface area contributed by atoms with Gasteiger partial charge < -0.3 is 10.1 Å². The number of ether oxygens (including phenoxy) is 1. The van der Waals surface area contributed by atoms with Gasteiger partial charge in [0.25, 0.3) is 0 Å². The Morgan fingerprint density at radius 2 is 2.00 bits per heavy atom. The third kappa shape index (κ3) is 3.38. The van der Waals surface area contributed by atoms with E-state index in [1.807, 2.05) is 18.2 Å². The predicted molar refractivity (Wildman–Crippen MR) is 76.5 cm³/mol. The highest BCUT2D eigenvalue weighted by Gasteiger charge is 2.05. The molecule has 2 rings (SSSR count). The van der Waals surface area contributed by atoms with Crippen molar-refractivity contribution in [2.24, 2.45) is 0 Å². The molecule has 0 aliphatic carbocycles. The van der Waals surface area contributed by atoms with E-state index in [4.69, 9.17) is 16.3 Å². The second kappa shape index (κ2) is 5.93. The van der Waals surface area contributed by atoms with Crippen molar-refractivity contribution < 1.29 is 9.13 Å². The Morgan fingerprint density at radius 1 is 1.21 bits per heavy atom. The van der Waals surface area contributed by atoms with Crippen LogP contribution in [-0.2, 0) is 6.54 Å². The van der Waals surface area contributed by atoms with Crippen molar-refractivity contribution in [1.82, 2.24) is 0 Å². The molecule has 0 aliphatic heterocycles. The summed E-state index contributed by atoms with van der Waals surface area (Å²) in [5.41, 5.74) is 2.28. The van der Waals surface area contributed by atoms with Crippen molar-refractivity contribution in [1.29, 1.82) is 0 Å².